The van der Waals surface area contributed by atoms with Crippen LogP contribution in [0.1, 0.15) is 46.5 Å². The second-order valence-electron chi connectivity index (χ2n) is 14.2. The van der Waals surface area contributed by atoms with Crippen molar-refractivity contribution in [1.82, 2.24) is 24.8 Å². The topological polar surface area (TPSA) is 104 Å². The van der Waals surface area contributed by atoms with Gasteiger partial charge in [0, 0.05) is 61.3 Å². The first kappa shape index (κ1) is 32.5. The first-order chi connectivity index (χ1) is 22.8. The van der Waals surface area contributed by atoms with Gasteiger partial charge in [-0.15, -0.1) is 0 Å². The molecule has 0 bridgehead atoms. The summed E-state index contributed by atoms with van der Waals surface area (Å²) in [6, 6.07) is 8.03. The number of aromatic nitrogens is 3. The third kappa shape index (κ3) is 5.93. The number of rotatable bonds is 6. The van der Waals surface area contributed by atoms with Crippen LogP contribution < -0.4 is 9.64 Å². The number of aromatic hydroxyl groups is 1. The molecule has 0 spiro atoms. The van der Waals surface area contributed by atoms with Crippen molar-refractivity contribution >= 4 is 45.2 Å². The molecule has 48 heavy (non-hydrogen) atoms. The first-order valence-electron chi connectivity index (χ1n) is 16.3. The molecule has 0 aliphatic carbocycles. The minimum absolute atomic E-state index is 0.0204. The Morgan fingerprint density at radius 2 is 2.02 bits per heavy atom. The molecule has 3 saturated heterocycles. The van der Waals surface area contributed by atoms with E-state index in [-0.39, 0.29) is 35.6 Å². The van der Waals surface area contributed by atoms with Gasteiger partial charge in [0.25, 0.3) is 0 Å². The molecule has 3 aliphatic rings. The zero-order valence-electron chi connectivity index (χ0n) is 27.5. The lowest BCUT2D eigenvalue weighted by molar-refractivity contribution is 0.0292. The Labute approximate surface area is 282 Å². The number of likely N-dealkylation sites (N-methyl/N-ethyl adjacent to an activating group) is 1. The van der Waals surface area contributed by atoms with E-state index in [4.69, 9.17) is 26.1 Å². The van der Waals surface area contributed by atoms with E-state index in [0.717, 1.165) is 19.4 Å². The largest absolute Gasteiger partial charge is 0.508 e. The van der Waals surface area contributed by atoms with Gasteiger partial charge in [0.15, 0.2) is 5.82 Å². The van der Waals surface area contributed by atoms with Crippen molar-refractivity contribution in [2.24, 2.45) is 0 Å². The summed E-state index contributed by atoms with van der Waals surface area (Å²) >= 11 is 6.57. The van der Waals surface area contributed by atoms with Crippen LogP contribution in [0.15, 0.2) is 36.5 Å². The van der Waals surface area contributed by atoms with E-state index >= 15 is 4.39 Å². The summed E-state index contributed by atoms with van der Waals surface area (Å²) in [5.41, 5.74) is -0.827. The highest BCUT2D eigenvalue weighted by molar-refractivity contribution is 6.36. The fourth-order valence-electron chi connectivity index (χ4n) is 7.47. The number of likely N-dealkylation sites (tertiary alicyclic amines) is 1. The number of alkyl halides is 1. The van der Waals surface area contributed by atoms with Gasteiger partial charge in [-0.05, 0) is 70.2 Å². The average molecular weight is 681 g/mol. The number of ether oxygens (including phenoxy) is 2. The lowest BCUT2D eigenvalue weighted by Crippen LogP contribution is -2.43. The van der Waals surface area contributed by atoms with Crippen LogP contribution in [0, 0.1) is 5.82 Å². The highest BCUT2D eigenvalue weighted by Crippen LogP contribution is 2.42. The van der Waals surface area contributed by atoms with Crippen molar-refractivity contribution in [3.63, 3.8) is 0 Å². The number of halogens is 3. The number of pyridine rings is 1. The molecule has 0 unspecified atom stereocenters. The molecule has 0 radical (unpaired) electrons. The molecule has 1 N–H and O–H groups in total. The maximum Gasteiger partial charge on any atom is 0.410 e. The third-order valence-electron chi connectivity index (χ3n) is 9.74. The average Bonchev–Trinajstić information content (AvgIpc) is 3.73. The van der Waals surface area contributed by atoms with Crippen molar-refractivity contribution in [1.29, 1.82) is 0 Å². The lowest BCUT2D eigenvalue weighted by Gasteiger charge is -2.31. The molecule has 13 heteroatoms. The van der Waals surface area contributed by atoms with E-state index in [2.05, 4.69) is 14.9 Å². The number of phenols is 1. The summed E-state index contributed by atoms with van der Waals surface area (Å²) in [6.07, 6.45) is 2.93. The highest BCUT2D eigenvalue weighted by Gasteiger charge is 2.49. The Morgan fingerprint density at radius 1 is 1.21 bits per heavy atom. The number of amides is 1. The number of nitrogens with zero attached hydrogens (tertiary/aromatic N) is 6. The fraction of sp³-hybridized carbons (Fsp3) is 0.486. The van der Waals surface area contributed by atoms with Gasteiger partial charge in [-0.1, -0.05) is 23.7 Å². The Morgan fingerprint density at radius 3 is 2.81 bits per heavy atom. The summed E-state index contributed by atoms with van der Waals surface area (Å²) in [6.45, 7) is 7.69. The predicted molar refractivity (Wildman–Crippen MR) is 180 cm³/mol. The monoisotopic (exact) mass is 680 g/mol. The van der Waals surface area contributed by atoms with Gasteiger partial charge in [-0.2, -0.15) is 9.97 Å². The Kier molecular flexibility index (Phi) is 8.22. The van der Waals surface area contributed by atoms with Crippen LogP contribution in [0.4, 0.5) is 19.4 Å². The zero-order chi connectivity index (χ0) is 34.0. The van der Waals surface area contributed by atoms with Gasteiger partial charge in [0.2, 0.25) is 0 Å². The van der Waals surface area contributed by atoms with Crippen LogP contribution in [0.25, 0.3) is 32.9 Å². The van der Waals surface area contributed by atoms with Gasteiger partial charge in [0.1, 0.15) is 41.2 Å². The maximum atomic E-state index is 16.8. The smallest absolute Gasteiger partial charge is 0.410 e. The summed E-state index contributed by atoms with van der Waals surface area (Å²) in [7, 11) is 1.84. The maximum absolute atomic E-state index is 16.8. The van der Waals surface area contributed by atoms with Crippen LogP contribution >= 0.6 is 11.6 Å². The molecule has 5 heterocycles. The van der Waals surface area contributed by atoms with E-state index in [1.54, 1.807) is 29.2 Å². The van der Waals surface area contributed by atoms with Crippen molar-refractivity contribution in [3.8, 4) is 23.0 Å². The standard InChI is InChI=1S/C35H39ClF2N6O4/c1-34(2,3)48-33(46)43-12-9-22(18-43)42(4)31-25-16-39-29(24-14-23(45)13-20-7-5-8-26(36)27(20)24)28(38)30(25)40-32(41-31)47-19-35-10-6-11-44(35)17-21(37)15-35/h5,7-8,13-14,16,21-22,45H,6,9-12,15,17-19H2,1-4H3/t21-,22-,35+/m1/s1. The second-order valence-corrected chi connectivity index (χ2v) is 14.6. The summed E-state index contributed by atoms with van der Waals surface area (Å²) in [5.74, 6) is -0.404. The van der Waals surface area contributed by atoms with Gasteiger partial charge >= 0.3 is 12.1 Å². The molecule has 3 aliphatic heterocycles. The molecule has 2 aromatic heterocycles. The Hall–Kier alpha value is -4.03. The highest BCUT2D eigenvalue weighted by atomic mass is 35.5. The van der Waals surface area contributed by atoms with Gasteiger partial charge in [0.05, 0.1) is 10.9 Å². The van der Waals surface area contributed by atoms with Gasteiger partial charge < -0.3 is 24.4 Å². The number of fused-ring (bicyclic) bond motifs is 3. The summed E-state index contributed by atoms with van der Waals surface area (Å²) in [5, 5.41) is 12.4. The molecule has 1 amide bonds. The number of hydrogen-bond acceptors (Lipinski definition) is 9. The van der Waals surface area contributed by atoms with Crippen LogP contribution in [-0.4, -0.2) is 99.1 Å². The number of hydrogen-bond donors (Lipinski definition) is 1. The molecule has 10 nitrogen and oxygen atoms in total. The summed E-state index contributed by atoms with van der Waals surface area (Å²) < 4.78 is 43.1. The number of anilines is 1. The van der Waals surface area contributed by atoms with Gasteiger partial charge in [-0.3, -0.25) is 9.88 Å². The molecule has 3 atom stereocenters. The van der Waals surface area contributed by atoms with E-state index in [0.29, 0.717) is 65.0 Å². The minimum atomic E-state index is -0.932. The number of carbonyl (C=O) groups is 1. The number of phenolic OH excluding ortho intramolecular Hbond substituents is 1. The minimum Gasteiger partial charge on any atom is -0.508 e. The molecule has 7 rings (SSSR count). The normalized spacial score (nSPS) is 22.9. The van der Waals surface area contributed by atoms with E-state index < -0.39 is 29.2 Å². The van der Waals surface area contributed by atoms with Crippen LogP contribution in [0.5, 0.6) is 11.8 Å². The van der Waals surface area contributed by atoms with E-state index in [9.17, 15) is 14.3 Å². The van der Waals surface area contributed by atoms with Crippen LogP contribution in [-0.2, 0) is 4.74 Å². The molecular formula is C35H39ClF2N6O4. The van der Waals surface area contributed by atoms with E-state index in [1.165, 1.54) is 12.3 Å². The van der Waals surface area contributed by atoms with Crippen molar-refractivity contribution in [2.45, 2.75) is 69.8 Å². The summed E-state index contributed by atoms with van der Waals surface area (Å²) in [4.78, 5) is 32.4. The first-order valence-corrected chi connectivity index (χ1v) is 16.7. The number of benzene rings is 2. The van der Waals surface area contributed by atoms with Crippen molar-refractivity contribution < 1.29 is 28.2 Å². The van der Waals surface area contributed by atoms with Gasteiger partial charge in [-0.25, -0.2) is 13.6 Å². The quantitative estimate of drug-likeness (QED) is 0.237. The van der Waals surface area contributed by atoms with Crippen LogP contribution in [0.3, 0.4) is 0 Å². The van der Waals surface area contributed by atoms with Crippen molar-refractivity contribution in [3.05, 3.63) is 47.4 Å². The molecule has 254 valence electrons. The predicted octanol–water partition coefficient (Wildman–Crippen LogP) is 6.74. The van der Waals surface area contributed by atoms with Crippen LogP contribution in [0.2, 0.25) is 5.02 Å². The molecule has 2 aromatic carbocycles. The number of carbonyl (C=O) groups excluding carboxylic acids is 1. The second kappa shape index (κ2) is 12.1. The SMILES string of the molecule is CN(c1nc(OC[C@@]23CCCN2C[C@H](F)C3)nc2c(F)c(-c3cc(O)cc4cccc(Cl)c34)ncc12)[C@@H]1CCN(C(=O)OC(C)(C)C)C1. The Balaban J connectivity index is 1.30. The van der Waals surface area contributed by atoms with E-state index in [1.807, 2.05) is 32.7 Å². The Bertz CT molecular complexity index is 1910. The lowest BCUT2D eigenvalue weighted by atomic mass is 9.95. The molecule has 0 saturated carbocycles. The zero-order valence-corrected chi connectivity index (χ0v) is 28.2. The van der Waals surface area contributed by atoms with Crippen molar-refractivity contribution in [2.75, 3.05) is 44.7 Å². The molecule has 4 aromatic rings. The molecular weight excluding hydrogens is 642 g/mol. The fourth-order valence-corrected chi connectivity index (χ4v) is 7.75. The third-order valence-corrected chi connectivity index (χ3v) is 10.1. The molecule has 3 fully saturated rings.